The van der Waals surface area contributed by atoms with Crippen LogP contribution in [0.5, 0.6) is 0 Å². The summed E-state index contributed by atoms with van der Waals surface area (Å²) in [7, 11) is 1.69. The van der Waals surface area contributed by atoms with Gasteiger partial charge < -0.3 is 15.3 Å². The monoisotopic (exact) mass is 315 g/mol. The fourth-order valence-corrected chi connectivity index (χ4v) is 1.75. The van der Waals surface area contributed by atoms with E-state index in [9.17, 15) is 9.90 Å². The largest absolute Gasteiger partial charge is 0.393 e. The van der Waals surface area contributed by atoms with Gasteiger partial charge in [-0.2, -0.15) is 0 Å². The number of carbonyl (C=O) groups is 1. The molecule has 18 heavy (non-hydrogen) atoms. The zero-order chi connectivity index (χ0) is 13.7. The molecule has 0 spiro atoms. The summed E-state index contributed by atoms with van der Waals surface area (Å²) >= 11 is 3.27. The highest BCUT2D eigenvalue weighted by Crippen LogP contribution is 2.16. The number of aryl methyl sites for hydroxylation is 1. The van der Waals surface area contributed by atoms with Gasteiger partial charge in [-0.1, -0.05) is 0 Å². The van der Waals surface area contributed by atoms with Gasteiger partial charge in [0.2, 0.25) is 0 Å². The Kier molecular flexibility index (Phi) is 5.55. The summed E-state index contributed by atoms with van der Waals surface area (Å²) in [6, 6.07) is 3.37. The second kappa shape index (κ2) is 6.70. The molecule has 0 aliphatic rings. The number of aliphatic hydroxyl groups is 1. The van der Waals surface area contributed by atoms with Crippen LogP contribution in [0.2, 0.25) is 0 Å². The number of nitrogens with zero attached hydrogens (tertiary/aromatic N) is 2. The van der Waals surface area contributed by atoms with Gasteiger partial charge in [-0.25, -0.2) is 9.78 Å². The highest BCUT2D eigenvalue weighted by atomic mass is 79.9. The van der Waals surface area contributed by atoms with E-state index >= 15 is 0 Å². The average Bonchev–Trinajstić information content (AvgIpc) is 2.29. The SMILES string of the molecule is Cc1nc(Br)ccc1NC(=O)N(C)CCC(C)O. The van der Waals surface area contributed by atoms with Gasteiger partial charge in [0.1, 0.15) is 4.60 Å². The summed E-state index contributed by atoms with van der Waals surface area (Å²) in [5, 5.41) is 12.0. The molecule has 6 heteroatoms. The third-order valence-electron chi connectivity index (χ3n) is 2.52. The van der Waals surface area contributed by atoms with Gasteiger partial charge in [0.05, 0.1) is 17.5 Å². The number of rotatable bonds is 4. The summed E-state index contributed by atoms with van der Waals surface area (Å²) < 4.78 is 0.737. The van der Waals surface area contributed by atoms with E-state index in [4.69, 9.17) is 0 Å². The number of halogens is 1. The van der Waals surface area contributed by atoms with Crippen LogP contribution in [0.3, 0.4) is 0 Å². The number of aromatic nitrogens is 1. The summed E-state index contributed by atoms with van der Waals surface area (Å²) in [5.41, 5.74) is 1.44. The van der Waals surface area contributed by atoms with Gasteiger partial charge in [-0.3, -0.25) is 0 Å². The van der Waals surface area contributed by atoms with Gasteiger partial charge in [-0.05, 0) is 48.3 Å². The van der Waals surface area contributed by atoms with Crippen molar-refractivity contribution >= 4 is 27.6 Å². The van der Waals surface area contributed by atoms with Gasteiger partial charge in [0.15, 0.2) is 0 Å². The first-order valence-electron chi connectivity index (χ1n) is 5.73. The number of hydrogen-bond donors (Lipinski definition) is 2. The lowest BCUT2D eigenvalue weighted by Crippen LogP contribution is -2.33. The van der Waals surface area contributed by atoms with Crippen LogP contribution >= 0.6 is 15.9 Å². The van der Waals surface area contributed by atoms with Crippen LogP contribution in [0.25, 0.3) is 0 Å². The van der Waals surface area contributed by atoms with Crippen LogP contribution in [0, 0.1) is 6.92 Å². The van der Waals surface area contributed by atoms with Crippen LogP contribution in [0.15, 0.2) is 16.7 Å². The van der Waals surface area contributed by atoms with Crippen molar-refractivity contribution in [2.75, 3.05) is 18.9 Å². The number of nitrogens with one attached hydrogen (secondary N) is 1. The van der Waals surface area contributed by atoms with Crippen LogP contribution in [0.4, 0.5) is 10.5 Å². The molecule has 1 aromatic rings. The Labute approximate surface area is 115 Å². The summed E-state index contributed by atoms with van der Waals surface area (Å²) in [6.07, 6.45) is 0.151. The maximum Gasteiger partial charge on any atom is 0.321 e. The molecule has 1 atom stereocenters. The van der Waals surface area contributed by atoms with Crippen LogP contribution < -0.4 is 5.32 Å². The first-order valence-corrected chi connectivity index (χ1v) is 6.52. The van der Waals surface area contributed by atoms with E-state index in [-0.39, 0.29) is 6.03 Å². The fraction of sp³-hybridized carbons (Fsp3) is 0.500. The molecule has 0 saturated heterocycles. The van der Waals surface area contributed by atoms with Crippen molar-refractivity contribution in [3.05, 3.63) is 22.4 Å². The second-order valence-electron chi connectivity index (χ2n) is 4.26. The number of urea groups is 1. The Morgan fingerprint density at radius 3 is 2.83 bits per heavy atom. The minimum absolute atomic E-state index is 0.206. The summed E-state index contributed by atoms with van der Waals surface area (Å²) in [5.74, 6) is 0. The molecule has 0 radical (unpaired) electrons. The van der Waals surface area contributed by atoms with Crippen molar-refractivity contribution in [2.45, 2.75) is 26.4 Å². The number of pyridine rings is 1. The molecule has 100 valence electrons. The Bertz CT molecular complexity index is 424. The zero-order valence-electron chi connectivity index (χ0n) is 10.8. The number of carbonyl (C=O) groups excluding carboxylic acids is 1. The van der Waals surface area contributed by atoms with E-state index in [1.165, 1.54) is 4.90 Å². The maximum absolute atomic E-state index is 11.9. The van der Waals surface area contributed by atoms with E-state index in [0.717, 1.165) is 10.3 Å². The summed E-state index contributed by atoms with van der Waals surface area (Å²) in [4.78, 5) is 17.6. The normalized spacial score (nSPS) is 12.1. The Morgan fingerprint density at radius 1 is 1.61 bits per heavy atom. The van der Waals surface area contributed by atoms with E-state index in [1.807, 2.05) is 6.92 Å². The summed E-state index contributed by atoms with van der Waals surface area (Å²) in [6.45, 7) is 4.04. The smallest absolute Gasteiger partial charge is 0.321 e. The minimum atomic E-state index is -0.406. The van der Waals surface area contributed by atoms with Crippen molar-refractivity contribution in [1.82, 2.24) is 9.88 Å². The van der Waals surface area contributed by atoms with Crippen LogP contribution in [0.1, 0.15) is 19.0 Å². The van der Waals surface area contributed by atoms with E-state index in [2.05, 4.69) is 26.2 Å². The van der Waals surface area contributed by atoms with Crippen molar-refractivity contribution in [3.8, 4) is 0 Å². The number of anilines is 1. The number of amides is 2. The molecule has 2 amide bonds. The molecule has 1 aromatic heterocycles. The maximum atomic E-state index is 11.9. The Morgan fingerprint density at radius 2 is 2.28 bits per heavy atom. The quantitative estimate of drug-likeness (QED) is 0.838. The molecular formula is C12H18BrN3O2. The van der Waals surface area contributed by atoms with Gasteiger partial charge in [-0.15, -0.1) is 0 Å². The zero-order valence-corrected chi connectivity index (χ0v) is 12.4. The lowest BCUT2D eigenvalue weighted by atomic mass is 10.3. The molecule has 0 saturated carbocycles. The third kappa shape index (κ3) is 4.62. The third-order valence-corrected chi connectivity index (χ3v) is 2.96. The standard InChI is InChI=1S/C12H18BrN3O2/c1-8(17)6-7-16(3)12(18)15-10-4-5-11(13)14-9(10)2/h4-5,8,17H,6-7H2,1-3H3,(H,15,18). The lowest BCUT2D eigenvalue weighted by molar-refractivity contribution is 0.167. The Hall–Kier alpha value is -1.14. The number of aliphatic hydroxyl groups excluding tert-OH is 1. The molecule has 2 N–H and O–H groups in total. The highest BCUT2D eigenvalue weighted by molar-refractivity contribution is 9.10. The highest BCUT2D eigenvalue weighted by Gasteiger charge is 2.11. The molecule has 1 heterocycles. The van der Waals surface area contributed by atoms with Crippen molar-refractivity contribution in [1.29, 1.82) is 0 Å². The molecule has 5 nitrogen and oxygen atoms in total. The molecular weight excluding hydrogens is 298 g/mol. The molecule has 1 unspecified atom stereocenters. The first kappa shape index (κ1) is 14.9. The van der Waals surface area contributed by atoms with Crippen LogP contribution in [-0.4, -0.2) is 40.7 Å². The van der Waals surface area contributed by atoms with Crippen LogP contribution in [-0.2, 0) is 0 Å². The van der Waals surface area contributed by atoms with Crippen molar-refractivity contribution in [2.24, 2.45) is 0 Å². The average molecular weight is 316 g/mol. The number of hydrogen-bond acceptors (Lipinski definition) is 3. The molecule has 0 fully saturated rings. The fourth-order valence-electron chi connectivity index (χ4n) is 1.36. The van der Waals surface area contributed by atoms with E-state index in [1.54, 1.807) is 26.1 Å². The van der Waals surface area contributed by atoms with Gasteiger partial charge in [0.25, 0.3) is 0 Å². The predicted octanol–water partition coefficient (Wildman–Crippen LogP) is 2.39. The second-order valence-corrected chi connectivity index (χ2v) is 5.07. The lowest BCUT2D eigenvalue weighted by Gasteiger charge is -2.19. The van der Waals surface area contributed by atoms with E-state index < -0.39 is 6.10 Å². The minimum Gasteiger partial charge on any atom is -0.393 e. The topological polar surface area (TPSA) is 65.5 Å². The first-order chi connectivity index (χ1) is 8.40. The van der Waals surface area contributed by atoms with Crippen molar-refractivity contribution in [3.63, 3.8) is 0 Å². The Balaban J connectivity index is 2.58. The van der Waals surface area contributed by atoms with Crippen molar-refractivity contribution < 1.29 is 9.90 Å². The predicted molar refractivity (Wildman–Crippen MR) is 74.6 cm³/mol. The van der Waals surface area contributed by atoms with Gasteiger partial charge >= 0.3 is 6.03 Å². The molecule has 0 aliphatic carbocycles. The molecule has 1 rings (SSSR count). The molecule has 0 aliphatic heterocycles. The van der Waals surface area contributed by atoms with Gasteiger partial charge in [0, 0.05) is 13.6 Å². The molecule has 0 aromatic carbocycles. The van der Waals surface area contributed by atoms with E-state index in [0.29, 0.717) is 18.7 Å². The molecule has 0 bridgehead atoms.